The Labute approximate surface area is 91.4 Å². The van der Waals surface area contributed by atoms with Gasteiger partial charge in [-0.15, -0.1) is 0 Å². The molecule has 0 aliphatic carbocycles. The van der Waals surface area contributed by atoms with E-state index < -0.39 is 0 Å². The van der Waals surface area contributed by atoms with Crippen LogP contribution in [0.2, 0.25) is 0 Å². The molecule has 1 rings (SSSR count). The van der Waals surface area contributed by atoms with Gasteiger partial charge in [-0.05, 0) is 18.8 Å². The predicted octanol–water partition coefficient (Wildman–Crippen LogP) is 0.343. The first kappa shape index (κ1) is 12.5. The molecule has 1 fully saturated rings. The van der Waals surface area contributed by atoms with Crippen LogP contribution in [0.15, 0.2) is 0 Å². The highest BCUT2D eigenvalue weighted by Gasteiger charge is 2.23. The minimum Gasteiger partial charge on any atom is -0.393 e. The Balaban J connectivity index is 2.34. The van der Waals surface area contributed by atoms with Crippen LogP contribution < -0.4 is 5.73 Å². The van der Waals surface area contributed by atoms with Crippen LogP contribution in [-0.2, 0) is 4.79 Å². The van der Waals surface area contributed by atoms with E-state index in [-0.39, 0.29) is 18.1 Å². The van der Waals surface area contributed by atoms with E-state index in [0.29, 0.717) is 38.3 Å². The van der Waals surface area contributed by atoms with E-state index in [1.54, 1.807) is 0 Å². The first-order valence-electron chi connectivity index (χ1n) is 5.72. The van der Waals surface area contributed by atoms with Gasteiger partial charge in [0.25, 0.3) is 0 Å². The number of aliphatic hydroxyl groups is 1. The molecule has 1 atom stereocenters. The number of hydrogen-bond donors (Lipinski definition) is 2. The van der Waals surface area contributed by atoms with Gasteiger partial charge in [0.2, 0.25) is 5.91 Å². The second-order valence-corrected chi connectivity index (χ2v) is 4.72. The molecular weight excluding hydrogens is 192 g/mol. The second-order valence-electron chi connectivity index (χ2n) is 4.72. The largest absolute Gasteiger partial charge is 0.393 e. The molecule has 4 heteroatoms. The molecule has 0 bridgehead atoms. The Morgan fingerprint density at radius 2 is 2.00 bits per heavy atom. The summed E-state index contributed by atoms with van der Waals surface area (Å²) in [7, 11) is 0. The van der Waals surface area contributed by atoms with E-state index in [2.05, 4.69) is 0 Å². The van der Waals surface area contributed by atoms with Crippen molar-refractivity contribution in [2.24, 2.45) is 11.7 Å². The number of hydrogen-bond acceptors (Lipinski definition) is 3. The average molecular weight is 214 g/mol. The molecule has 0 aromatic heterocycles. The Morgan fingerprint density at radius 1 is 1.47 bits per heavy atom. The molecule has 0 saturated carbocycles. The number of nitrogens with zero attached hydrogens (tertiary/aromatic N) is 1. The minimum atomic E-state index is -0.229. The molecule has 1 aliphatic rings. The average Bonchev–Trinajstić information content (AvgIpc) is 2.18. The van der Waals surface area contributed by atoms with E-state index in [9.17, 15) is 9.90 Å². The molecule has 0 aromatic carbocycles. The molecule has 1 heterocycles. The fraction of sp³-hybridized carbons (Fsp3) is 0.909. The molecule has 0 radical (unpaired) electrons. The topological polar surface area (TPSA) is 66.6 Å². The van der Waals surface area contributed by atoms with Gasteiger partial charge in [0.1, 0.15) is 0 Å². The summed E-state index contributed by atoms with van der Waals surface area (Å²) in [6.45, 7) is 5.39. The molecular formula is C11H22N2O2. The lowest BCUT2D eigenvalue weighted by atomic mass is 10.0. The van der Waals surface area contributed by atoms with Crippen molar-refractivity contribution in [3.63, 3.8) is 0 Å². The maximum Gasteiger partial charge on any atom is 0.224 e. The highest BCUT2D eigenvalue weighted by Crippen LogP contribution is 2.13. The first-order valence-corrected chi connectivity index (χ1v) is 5.72. The van der Waals surface area contributed by atoms with Gasteiger partial charge >= 0.3 is 0 Å². The van der Waals surface area contributed by atoms with Crippen LogP contribution in [0, 0.1) is 5.92 Å². The summed E-state index contributed by atoms with van der Waals surface area (Å²) in [5, 5.41) is 9.32. The summed E-state index contributed by atoms with van der Waals surface area (Å²) >= 11 is 0. The summed E-state index contributed by atoms with van der Waals surface area (Å²) in [6, 6.07) is -0.0515. The Hall–Kier alpha value is -0.610. The fourth-order valence-electron chi connectivity index (χ4n) is 1.68. The fourth-order valence-corrected chi connectivity index (χ4v) is 1.68. The van der Waals surface area contributed by atoms with Gasteiger partial charge in [-0.2, -0.15) is 0 Å². The predicted molar refractivity (Wildman–Crippen MR) is 59.3 cm³/mol. The second kappa shape index (κ2) is 5.47. The van der Waals surface area contributed by atoms with Crippen LogP contribution in [0.4, 0.5) is 0 Å². The Bertz CT molecular complexity index is 211. The van der Waals surface area contributed by atoms with Crippen molar-refractivity contribution >= 4 is 5.91 Å². The number of carbonyl (C=O) groups is 1. The van der Waals surface area contributed by atoms with Crippen LogP contribution in [0.5, 0.6) is 0 Å². The van der Waals surface area contributed by atoms with Crippen LogP contribution >= 0.6 is 0 Å². The monoisotopic (exact) mass is 214 g/mol. The molecule has 4 nitrogen and oxygen atoms in total. The third-order valence-corrected chi connectivity index (χ3v) is 3.08. The Morgan fingerprint density at radius 3 is 2.47 bits per heavy atom. The van der Waals surface area contributed by atoms with Crippen molar-refractivity contribution in [1.29, 1.82) is 0 Å². The molecule has 3 N–H and O–H groups in total. The van der Waals surface area contributed by atoms with Gasteiger partial charge in [0, 0.05) is 25.6 Å². The lowest BCUT2D eigenvalue weighted by Gasteiger charge is -2.30. The summed E-state index contributed by atoms with van der Waals surface area (Å²) < 4.78 is 0. The molecule has 0 aromatic rings. The van der Waals surface area contributed by atoms with Crippen LogP contribution in [0.25, 0.3) is 0 Å². The molecule has 1 aliphatic heterocycles. The normalized spacial score (nSPS) is 20.7. The standard InChI is InChI=1S/C11H22N2O2/c1-8(2)10(12)7-11(15)13-5-3-9(14)4-6-13/h8-10,14H,3-7,12H2,1-2H3. The van der Waals surface area contributed by atoms with Gasteiger partial charge < -0.3 is 15.7 Å². The highest BCUT2D eigenvalue weighted by molar-refractivity contribution is 5.76. The summed E-state index contributed by atoms with van der Waals surface area (Å²) in [6.07, 6.45) is 1.59. The van der Waals surface area contributed by atoms with Crippen molar-refractivity contribution in [3.05, 3.63) is 0 Å². The van der Waals surface area contributed by atoms with Crippen molar-refractivity contribution in [1.82, 2.24) is 4.90 Å². The van der Waals surface area contributed by atoms with Gasteiger partial charge in [-0.1, -0.05) is 13.8 Å². The lowest BCUT2D eigenvalue weighted by molar-refractivity contribution is -0.133. The third kappa shape index (κ3) is 3.80. The number of carbonyl (C=O) groups excluding carboxylic acids is 1. The van der Waals surface area contributed by atoms with Crippen LogP contribution in [0.3, 0.4) is 0 Å². The number of piperidine rings is 1. The van der Waals surface area contributed by atoms with Gasteiger partial charge in [-0.25, -0.2) is 0 Å². The molecule has 88 valence electrons. The maximum absolute atomic E-state index is 11.8. The van der Waals surface area contributed by atoms with E-state index >= 15 is 0 Å². The Kier molecular flexibility index (Phi) is 4.54. The molecule has 15 heavy (non-hydrogen) atoms. The first-order chi connectivity index (χ1) is 7.00. The third-order valence-electron chi connectivity index (χ3n) is 3.08. The molecule has 1 saturated heterocycles. The number of aliphatic hydroxyl groups excluding tert-OH is 1. The molecule has 0 spiro atoms. The lowest BCUT2D eigenvalue weighted by Crippen LogP contribution is -2.43. The maximum atomic E-state index is 11.8. The molecule has 1 amide bonds. The molecule has 1 unspecified atom stereocenters. The van der Waals surface area contributed by atoms with Crippen molar-refractivity contribution in [2.45, 2.75) is 45.3 Å². The van der Waals surface area contributed by atoms with Gasteiger partial charge in [0.05, 0.1) is 6.10 Å². The smallest absolute Gasteiger partial charge is 0.224 e. The summed E-state index contributed by atoms with van der Waals surface area (Å²) in [4.78, 5) is 13.6. The zero-order valence-corrected chi connectivity index (χ0v) is 9.65. The summed E-state index contributed by atoms with van der Waals surface area (Å²) in [5.74, 6) is 0.465. The number of likely N-dealkylation sites (tertiary alicyclic amines) is 1. The zero-order chi connectivity index (χ0) is 11.4. The number of amides is 1. The zero-order valence-electron chi connectivity index (χ0n) is 9.65. The van der Waals surface area contributed by atoms with Crippen LogP contribution in [-0.4, -0.2) is 41.1 Å². The van der Waals surface area contributed by atoms with Crippen molar-refractivity contribution in [3.8, 4) is 0 Å². The van der Waals surface area contributed by atoms with E-state index in [4.69, 9.17) is 5.73 Å². The van der Waals surface area contributed by atoms with E-state index in [1.165, 1.54) is 0 Å². The number of rotatable bonds is 3. The summed E-state index contributed by atoms with van der Waals surface area (Å²) in [5.41, 5.74) is 5.85. The van der Waals surface area contributed by atoms with Gasteiger partial charge in [0.15, 0.2) is 0 Å². The van der Waals surface area contributed by atoms with E-state index in [0.717, 1.165) is 0 Å². The SMILES string of the molecule is CC(C)C(N)CC(=O)N1CCC(O)CC1. The van der Waals surface area contributed by atoms with Crippen LogP contribution in [0.1, 0.15) is 33.1 Å². The quantitative estimate of drug-likeness (QED) is 0.712. The highest BCUT2D eigenvalue weighted by atomic mass is 16.3. The van der Waals surface area contributed by atoms with Gasteiger partial charge in [-0.3, -0.25) is 4.79 Å². The van der Waals surface area contributed by atoms with Crippen molar-refractivity contribution < 1.29 is 9.90 Å². The van der Waals surface area contributed by atoms with Crippen molar-refractivity contribution in [2.75, 3.05) is 13.1 Å². The minimum absolute atomic E-state index is 0.0515. The number of nitrogens with two attached hydrogens (primary N) is 1. The van der Waals surface area contributed by atoms with E-state index in [1.807, 2.05) is 18.7 Å².